The molecular formula is C19H16F3N3O3. The number of ether oxygens (including phenoxy) is 1. The number of hydrogen-bond acceptors (Lipinski definition) is 5. The highest BCUT2D eigenvalue weighted by Gasteiger charge is 2.30. The number of benzene rings is 2. The van der Waals surface area contributed by atoms with E-state index in [4.69, 9.17) is 10.3 Å². The smallest absolute Gasteiger partial charge is 0.416 e. The molecule has 0 bridgehead atoms. The Morgan fingerprint density at radius 2 is 1.89 bits per heavy atom. The Bertz CT molecular complexity index is 953. The van der Waals surface area contributed by atoms with Crippen LogP contribution in [0.25, 0.3) is 11.3 Å². The summed E-state index contributed by atoms with van der Waals surface area (Å²) in [5.41, 5.74) is 6.78. The highest BCUT2D eigenvalue weighted by Crippen LogP contribution is 2.29. The van der Waals surface area contributed by atoms with E-state index in [0.717, 1.165) is 23.4 Å². The average Bonchev–Trinajstić information content (AvgIpc) is 3.14. The summed E-state index contributed by atoms with van der Waals surface area (Å²) in [5, 5.41) is 6.96. The minimum Gasteiger partial charge on any atom is -0.441 e. The van der Waals surface area contributed by atoms with Gasteiger partial charge in [0.2, 0.25) is 0 Å². The van der Waals surface area contributed by atoms with Crippen LogP contribution in [0.3, 0.4) is 0 Å². The van der Waals surface area contributed by atoms with E-state index in [2.05, 4.69) is 15.2 Å². The highest BCUT2D eigenvalue weighted by atomic mass is 19.4. The molecule has 0 aliphatic heterocycles. The lowest BCUT2D eigenvalue weighted by Crippen LogP contribution is -2.12. The number of alkyl halides is 3. The summed E-state index contributed by atoms with van der Waals surface area (Å²) >= 11 is 0. The van der Waals surface area contributed by atoms with E-state index in [1.54, 1.807) is 36.4 Å². The van der Waals surface area contributed by atoms with Crippen LogP contribution in [0.1, 0.15) is 16.9 Å². The molecule has 0 aliphatic rings. The van der Waals surface area contributed by atoms with Crippen molar-refractivity contribution >= 4 is 11.8 Å². The Morgan fingerprint density at radius 1 is 1.14 bits per heavy atom. The highest BCUT2D eigenvalue weighted by molar-refractivity contribution is 5.65. The second-order valence-corrected chi connectivity index (χ2v) is 5.92. The summed E-state index contributed by atoms with van der Waals surface area (Å²) < 4.78 is 48.0. The Kier molecular flexibility index (Phi) is 5.53. The fourth-order valence-corrected chi connectivity index (χ4v) is 2.48. The molecule has 3 N–H and O–H groups in total. The van der Waals surface area contributed by atoms with Crippen LogP contribution in [0, 0.1) is 0 Å². The van der Waals surface area contributed by atoms with Crippen LogP contribution in [-0.2, 0) is 24.1 Å². The largest absolute Gasteiger partial charge is 0.441 e. The number of anilines is 1. The predicted molar refractivity (Wildman–Crippen MR) is 95.1 cm³/mol. The number of aromatic nitrogens is 1. The van der Waals surface area contributed by atoms with E-state index < -0.39 is 17.8 Å². The maximum atomic E-state index is 12.8. The second kappa shape index (κ2) is 8.03. The molecule has 0 atom stereocenters. The van der Waals surface area contributed by atoms with E-state index in [-0.39, 0.29) is 13.2 Å². The van der Waals surface area contributed by atoms with E-state index in [1.807, 2.05) is 0 Å². The Hall–Kier alpha value is -3.49. The molecule has 0 spiro atoms. The third kappa shape index (κ3) is 5.03. The van der Waals surface area contributed by atoms with Crippen molar-refractivity contribution in [3.8, 4) is 11.3 Å². The minimum absolute atomic E-state index is 0.112. The predicted octanol–water partition coefficient (Wildman–Crippen LogP) is 4.57. The molecule has 1 amide bonds. The number of nitrogens with one attached hydrogen (secondary N) is 1. The summed E-state index contributed by atoms with van der Waals surface area (Å²) in [6, 6.07) is 13.9. The Morgan fingerprint density at radius 3 is 2.57 bits per heavy atom. The molecule has 2 aromatic carbocycles. The minimum atomic E-state index is -4.36. The third-order valence-corrected chi connectivity index (χ3v) is 3.85. The van der Waals surface area contributed by atoms with Crippen LogP contribution in [0.2, 0.25) is 0 Å². The quantitative estimate of drug-likeness (QED) is 0.643. The lowest BCUT2D eigenvalue weighted by atomic mass is 10.1. The third-order valence-electron chi connectivity index (χ3n) is 3.85. The van der Waals surface area contributed by atoms with Crippen molar-refractivity contribution in [2.24, 2.45) is 5.73 Å². The average molecular weight is 391 g/mol. The van der Waals surface area contributed by atoms with E-state index in [0.29, 0.717) is 17.0 Å². The number of nitrogens with two attached hydrogens (primary N) is 1. The van der Waals surface area contributed by atoms with E-state index in [9.17, 15) is 18.0 Å². The van der Waals surface area contributed by atoms with Crippen molar-refractivity contribution in [2.75, 3.05) is 5.32 Å². The summed E-state index contributed by atoms with van der Waals surface area (Å²) in [7, 11) is 0. The monoisotopic (exact) mass is 391 g/mol. The lowest BCUT2D eigenvalue weighted by Gasteiger charge is -2.10. The topological polar surface area (TPSA) is 90.4 Å². The number of carbonyl (C=O) groups excluding carboxylic acids is 1. The van der Waals surface area contributed by atoms with Gasteiger partial charge in [-0.15, -0.1) is 0 Å². The van der Waals surface area contributed by atoms with Crippen LogP contribution in [0.4, 0.5) is 23.7 Å². The van der Waals surface area contributed by atoms with E-state index >= 15 is 0 Å². The molecule has 3 aromatic rings. The molecule has 9 heteroatoms. The van der Waals surface area contributed by atoms with Gasteiger partial charge in [-0.05, 0) is 29.8 Å². The number of primary amides is 1. The van der Waals surface area contributed by atoms with Gasteiger partial charge in [0.15, 0.2) is 12.4 Å². The number of nitrogens with zero attached hydrogens (tertiary/aromatic N) is 1. The maximum Gasteiger partial charge on any atom is 0.416 e. The van der Waals surface area contributed by atoms with Gasteiger partial charge in [0.25, 0.3) is 0 Å². The first-order valence-corrected chi connectivity index (χ1v) is 8.19. The van der Waals surface area contributed by atoms with Gasteiger partial charge in [0.1, 0.15) is 5.69 Å². The summed E-state index contributed by atoms with van der Waals surface area (Å²) in [6.45, 7) is 0.140. The zero-order valence-corrected chi connectivity index (χ0v) is 14.5. The molecule has 1 heterocycles. The lowest BCUT2D eigenvalue weighted by molar-refractivity contribution is -0.137. The van der Waals surface area contributed by atoms with Crippen molar-refractivity contribution in [2.45, 2.75) is 19.3 Å². The first-order valence-electron chi connectivity index (χ1n) is 8.19. The number of carbonyl (C=O) groups is 1. The van der Waals surface area contributed by atoms with Gasteiger partial charge in [-0.3, -0.25) is 0 Å². The summed E-state index contributed by atoms with van der Waals surface area (Å²) in [4.78, 5) is 10.6. The molecule has 1 aromatic heterocycles. The molecule has 28 heavy (non-hydrogen) atoms. The first-order chi connectivity index (χ1) is 13.3. The fraction of sp³-hybridized carbons (Fsp3) is 0.158. The number of rotatable bonds is 6. The van der Waals surface area contributed by atoms with Crippen LogP contribution < -0.4 is 11.1 Å². The summed E-state index contributed by atoms with van der Waals surface area (Å²) in [6.07, 6.45) is -5.27. The van der Waals surface area contributed by atoms with Crippen LogP contribution in [0.5, 0.6) is 0 Å². The van der Waals surface area contributed by atoms with Crippen molar-refractivity contribution in [3.05, 3.63) is 71.5 Å². The molecule has 6 nitrogen and oxygen atoms in total. The SMILES string of the molecule is NC(=O)OCc1cc(-c2ccc(NCc3cccc(C(F)(F)F)c3)cc2)no1. The van der Waals surface area contributed by atoms with Crippen molar-refractivity contribution < 1.29 is 27.2 Å². The van der Waals surface area contributed by atoms with E-state index in [1.165, 1.54) is 6.07 Å². The van der Waals surface area contributed by atoms with Gasteiger partial charge in [-0.25, -0.2) is 4.79 Å². The molecule has 3 rings (SSSR count). The molecule has 0 fully saturated rings. The van der Waals surface area contributed by atoms with Crippen LogP contribution in [0.15, 0.2) is 59.1 Å². The maximum absolute atomic E-state index is 12.8. The first kappa shape index (κ1) is 19.3. The van der Waals surface area contributed by atoms with Crippen molar-refractivity contribution in [1.82, 2.24) is 5.16 Å². The molecular weight excluding hydrogens is 375 g/mol. The van der Waals surface area contributed by atoms with Crippen LogP contribution in [-0.4, -0.2) is 11.2 Å². The van der Waals surface area contributed by atoms with Gasteiger partial charge in [-0.1, -0.05) is 29.4 Å². The molecule has 0 saturated heterocycles. The normalized spacial score (nSPS) is 11.2. The van der Waals surface area contributed by atoms with Gasteiger partial charge in [0.05, 0.1) is 5.56 Å². The van der Waals surface area contributed by atoms with Crippen LogP contribution >= 0.6 is 0 Å². The molecule has 0 aliphatic carbocycles. The van der Waals surface area contributed by atoms with Crippen molar-refractivity contribution in [1.29, 1.82) is 0 Å². The zero-order chi connectivity index (χ0) is 20.1. The molecule has 146 valence electrons. The Labute approximate surface area is 158 Å². The van der Waals surface area contributed by atoms with Gasteiger partial charge < -0.3 is 20.3 Å². The molecule has 0 unspecified atom stereocenters. The van der Waals surface area contributed by atoms with Gasteiger partial charge in [0, 0.05) is 23.9 Å². The fourth-order valence-electron chi connectivity index (χ4n) is 2.48. The molecule has 0 saturated carbocycles. The second-order valence-electron chi connectivity index (χ2n) is 5.92. The number of hydrogen-bond donors (Lipinski definition) is 2. The number of amides is 1. The van der Waals surface area contributed by atoms with Gasteiger partial charge >= 0.3 is 12.3 Å². The standard InChI is InChI=1S/C19H16F3N3O3/c20-19(21,22)14-3-1-2-12(8-14)10-24-15-6-4-13(5-7-15)17-9-16(28-25-17)11-27-18(23)26/h1-9,24H,10-11H2,(H2,23,26). The summed E-state index contributed by atoms with van der Waals surface area (Å²) in [5.74, 6) is 0.348. The Balaban J connectivity index is 1.61. The molecule has 0 radical (unpaired) electrons. The zero-order valence-electron chi connectivity index (χ0n) is 14.5. The van der Waals surface area contributed by atoms with Gasteiger partial charge in [-0.2, -0.15) is 13.2 Å². The van der Waals surface area contributed by atoms with Crippen molar-refractivity contribution in [3.63, 3.8) is 0 Å². The number of halogens is 3.